The third-order valence-corrected chi connectivity index (χ3v) is 12.7. The standard InChI is InChI=1S/C55H54O8/c1-2-48-47(56)26-27-49-51(61-48)31-52-54(63-49)55(59-34-38-20-23-41-12-5-8-15-44(41)30-38)53-50(62-52)17-9-16-45(60-53)24-25-46(58-33-37-19-22-40-11-4-7-14-43(40)29-37)35-57-32-36-18-21-39-10-3-6-13-42(39)28-36/h2-16,18-30,45-56H,1,17,31-35H2/b25-24+/t45-,46+,47+,48-,49-,50+,51+,52-,53+,54-,55-/m1/s1. The highest BCUT2D eigenvalue weighted by Gasteiger charge is 2.53. The highest BCUT2D eigenvalue weighted by Crippen LogP contribution is 2.40. The molecule has 0 aromatic heterocycles. The van der Waals surface area contributed by atoms with Crippen LogP contribution in [-0.4, -0.2) is 78.9 Å². The molecule has 8 nitrogen and oxygen atoms in total. The summed E-state index contributed by atoms with van der Waals surface area (Å²) in [4.78, 5) is 0. The minimum absolute atomic E-state index is 0.282. The van der Waals surface area contributed by atoms with Gasteiger partial charge in [-0.2, -0.15) is 0 Å². The number of benzene rings is 6. The number of rotatable bonds is 13. The first-order valence-electron chi connectivity index (χ1n) is 22.2. The molecule has 4 aliphatic heterocycles. The lowest BCUT2D eigenvalue weighted by molar-refractivity contribution is -0.296. The van der Waals surface area contributed by atoms with Crippen molar-refractivity contribution in [1.82, 2.24) is 0 Å². The molecule has 322 valence electrons. The molecular weight excluding hydrogens is 789 g/mol. The molecule has 0 radical (unpaired) electrons. The van der Waals surface area contributed by atoms with E-state index in [2.05, 4.69) is 158 Å². The second-order valence-electron chi connectivity index (χ2n) is 17.1. The number of aliphatic hydroxyl groups excluding tert-OH is 1. The predicted molar refractivity (Wildman–Crippen MR) is 246 cm³/mol. The second kappa shape index (κ2) is 19.2. The average molecular weight is 843 g/mol. The fraction of sp³-hybridized carbons (Fsp3) is 0.309. The van der Waals surface area contributed by atoms with Crippen LogP contribution in [0.3, 0.4) is 0 Å². The molecule has 10 rings (SSSR count). The minimum Gasteiger partial charge on any atom is -0.386 e. The highest BCUT2D eigenvalue weighted by atomic mass is 16.6. The third-order valence-electron chi connectivity index (χ3n) is 12.7. The average Bonchev–Trinajstić information content (AvgIpc) is 3.62. The molecule has 0 aliphatic carbocycles. The number of fused-ring (bicyclic) bond motifs is 6. The summed E-state index contributed by atoms with van der Waals surface area (Å²) < 4.78 is 47.0. The van der Waals surface area contributed by atoms with Crippen molar-refractivity contribution in [2.75, 3.05) is 6.61 Å². The fourth-order valence-corrected chi connectivity index (χ4v) is 9.38. The molecule has 8 heteroatoms. The number of hydrogen-bond donors (Lipinski definition) is 1. The molecule has 0 unspecified atom stereocenters. The van der Waals surface area contributed by atoms with E-state index in [9.17, 15) is 5.11 Å². The molecule has 0 saturated carbocycles. The van der Waals surface area contributed by atoms with E-state index in [4.69, 9.17) is 33.2 Å². The number of aliphatic hydroxyl groups is 1. The van der Waals surface area contributed by atoms with Crippen molar-refractivity contribution in [3.63, 3.8) is 0 Å². The Morgan fingerprint density at radius 2 is 1.22 bits per heavy atom. The molecule has 63 heavy (non-hydrogen) atoms. The van der Waals surface area contributed by atoms with Gasteiger partial charge in [0.2, 0.25) is 0 Å². The van der Waals surface area contributed by atoms with Gasteiger partial charge in [0.05, 0.1) is 56.9 Å². The summed E-state index contributed by atoms with van der Waals surface area (Å²) in [6.07, 6.45) is 10.1. The quantitative estimate of drug-likeness (QED) is 0.115. The van der Waals surface area contributed by atoms with E-state index < -0.39 is 36.6 Å². The van der Waals surface area contributed by atoms with Gasteiger partial charge in [0.25, 0.3) is 0 Å². The van der Waals surface area contributed by atoms with Crippen molar-refractivity contribution in [2.24, 2.45) is 0 Å². The van der Waals surface area contributed by atoms with E-state index in [1.807, 2.05) is 6.08 Å². The van der Waals surface area contributed by atoms with Crippen molar-refractivity contribution in [3.05, 3.63) is 193 Å². The zero-order valence-corrected chi connectivity index (χ0v) is 35.3. The van der Waals surface area contributed by atoms with Crippen LogP contribution in [0.4, 0.5) is 0 Å². The van der Waals surface area contributed by atoms with Gasteiger partial charge in [-0.3, -0.25) is 0 Å². The van der Waals surface area contributed by atoms with E-state index >= 15 is 0 Å². The van der Waals surface area contributed by atoms with Gasteiger partial charge in [-0.25, -0.2) is 0 Å². The summed E-state index contributed by atoms with van der Waals surface area (Å²) in [7, 11) is 0. The maximum Gasteiger partial charge on any atom is 0.115 e. The van der Waals surface area contributed by atoms with E-state index in [1.54, 1.807) is 12.2 Å². The summed E-state index contributed by atoms with van der Waals surface area (Å²) in [5.74, 6) is 0. The molecule has 2 fully saturated rings. The predicted octanol–water partition coefficient (Wildman–Crippen LogP) is 9.90. The minimum atomic E-state index is -0.809. The van der Waals surface area contributed by atoms with E-state index in [0.717, 1.165) is 22.1 Å². The molecule has 2 saturated heterocycles. The summed E-state index contributed by atoms with van der Waals surface area (Å²) in [5, 5.41) is 17.8. The molecule has 4 aliphatic rings. The number of ether oxygens (including phenoxy) is 7. The number of hydrogen-bond acceptors (Lipinski definition) is 8. The summed E-state index contributed by atoms with van der Waals surface area (Å²) >= 11 is 0. The van der Waals surface area contributed by atoms with E-state index in [1.165, 1.54) is 26.9 Å². The Labute approximate surface area is 369 Å². The third kappa shape index (κ3) is 9.65. The molecule has 6 aromatic rings. The van der Waals surface area contributed by atoms with Crippen molar-refractivity contribution in [3.8, 4) is 0 Å². The van der Waals surface area contributed by atoms with Crippen LogP contribution in [0.5, 0.6) is 0 Å². The summed E-state index contributed by atoms with van der Waals surface area (Å²) in [6, 6.07) is 44.4. The maximum absolute atomic E-state index is 10.7. The molecular formula is C55H54O8. The lowest BCUT2D eigenvalue weighted by Crippen LogP contribution is -2.64. The van der Waals surface area contributed by atoms with Gasteiger partial charge in [-0.1, -0.05) is 152 Å². The van der Waals surface area contributed by atoms with Crippen LogP contribution in [0.1, 0.15) is 29.5 Å². The lowest BCUT2D eigenvalue weighted by Gasteiger charge is -2.51. The Kier molecular flexibility index (Phi) is 12.7. The zero-order chi connectivity index (χ0) is 42.5. The van der Waals surface area contributed by atoms with E-state index in [0.29, 0.717) is 39.3 Å². The van der Waals surface area contributed by atoms with Gasteiger partial charge >= 0.3 is 0 Å². The molecule has 0 bridgehead atoms. The first-order chi connectivity index (χ1) is 31.0. The van der Waals surface area contributed by atoms with Crippen LogP contribution in [-0.2, 0) is 53.0 Å². The van der Waals surface area contributed by atoms with Crippen LogP contribution in [0, 0.1) is 0 Å². The van der Waals surface area contributed by atoms with Crippen LogP contribution in [0.15, 0.2) is 177 Å². The lowest BCUT2D eigenvalue weighted by atomic mass is 9.87. The van der Waals surface area contributed by atoms with Gasteiger partial charge in [-0.15, -0.1) is 6.58 Å². The van der Waals surface area contributed by atoms with Crippen molar-refractivity contribution < 1.29 is 38.3 Å². The monoisotopic (exact) mass is 842 g/mol. The fourth-order valence-electron chi connectivity index (χ4n) is 9.38. The smallest absolute Gasteiger partial charge is 0.115 e. The van der Waals surface area contributed by atoms with Gasteiger partial charge in [0.15, 0.2) is 0 Å². The van der Waals surface area contributed by atoms with Crippen LogP contribution < -0.4 is 0 Å². The zero-order valence-electron chi connectivity index (χ0n) is 35.3. The Balaban J connectivity index is 0.885. The largest absolute Gasteiger partial charge is 0.386 e. The highest BCUT2D eigenvalue weighted by molar-refractivity contribution is 5.84. The summed E-state index contributed by atoms with van der Waals surface area (Å²) in [5.41, 5.74) is 3.26. The topological polar surface area (TPSA) is 84.8 Å². The van der Waals surface area contributed by atoms with Crippen molar-refractivity contribution in [1.29, 1.82) is 0 Å². The molecule has 0 amide bonds. The maximum atomic E-state index is 10.7. The Morgan fingerprint density at radius 3 is 1.87 bits per heavy atom. The Hall–Kier alpha value is -5.26. The van der Waals surface area contributed by atoms with Gasteiger partial charge in [0.1, 0.15) is 36.6 Å². The summed E-state index contributed by atoms with van der Waals surface area (Å²) in [6.45, 7) is 5.51. The van der Waals surface area contributed by atoms with Gasteiger partial charge < -0.3 is 38.3 Å². The second-order valence-corrected chi connectivity index (χ2v) is 17.1. The van der Waals surface area contributed by atoms with Crippen LogP contribution in [0.25, 0.3) is 32.3 Å². The Morgan fingerprint density at radius 1 is 0.619 bits per heavy atom. The molecule has 6 aromatic carbocycles. The van der Waals surface area contributed by atoms with E-state index in [-0.39, 0.29) is 30.5 Å². The first-order valence-corrected chi connectivity index (χ1v) is 22.2. The Bertz CT molecular complexity index is 2620. The first kappa shape index (κ1) is 41.7. The molecule has 11 atom stereocenters. The SMILES string of the molecule is C=C[C@H]1O[C@H]2C[C@H]3O[C@H]4CC=C[C@H](/C=C/[C@@H](COCc5ccc6ccccc6c5)OCc5ccc6ccccc6c5)O[C@@H]4[C@@H](OCc4ccc5ccccc5c4)[C@@H]3O[C@@H]2C=C[C@@H]1O. The molecule has 4 heterocycles. The normalized spacial score (nSPS) is 28.6. The van der Waals surface area contributed by atoms with Crippen molar-refractivity contribution >= 4 is 32.3 Å². The molecule has 0 spiro atoms. The van der Waals surface area contributed by atoms with Crippen LogP contribution in [0.2, 0.25) is 0 Å². The van der Waals surface area contributed by atoms with Gasteiger partial charge in [0, 0.05) is 6.42 Å². The van der Waals surface area contributed by atoms with Crippen molar-refractivity contribution in [2.45, 2.75) is 99.8 Å². The van der Waals surface area contributed by atoms with Crippen LogP contribution >= 0.6 is 0 Å². The van der Waals surface area contributed by atoms with Gasteiger partial charge in [-0.05, 0) is 73.6 Å². The molecule has 1 N–H and O–H groups in total.